The molecule has 3 rings (SSSR count). The van der Waals surface area contributed by atoms with Crippen LogP contribution in [0.2, 0.25) is 0 Å². The Bertz CT molecular complexity index is 654. The molecule has 17 heavy (non-hydrogen) atoms. The summed E-state index contributed by atoms with van der Waals surface area (Å²) < 4.78 is 1.35. The van der Waals surface area contributed by atoms with Crippen LogP contribution in [-0.2, 0) is 0 Å². The van der Waals surface area contributed by atoms with Gasteiger partial charge in [-0.15, -0.1) is 22.7 Å². The van der Waals surface area contributed by atoms with Crippen molar-refractivity contribution in [2.75, 3.05) is 0 Å². The predicted octanol–water partition coefficient (Wildman–Crippen LogP) is 1.65. The van der Waals surface area contributed by atoms with Gasteiger partial charge in [0.15, 0.2) is 0 Å². The zero-order chi connectivity index (χ0) is 11.1. The van der Waals surface area contributed by atoms with E-state index in [2.05, 4.69) is 48.5 Å². The summed E-state index contributed by atoms with van der Waals surface area (Å²) in [5.74, 6) is 0. The minimum Gasteiger partial charge on any atom is -1.00 e. The first-order chi connectivity index (χ1) is 7.75. The largest absolute Gasteiger partial charge is 1.00 e. The summed E-state index contributed by atoms with van der Waals surface area (Å²) in [7, 11) is 0. The van der Waals surface area contributed by atoms with Crippen LogP contribution in [0, 0.1) is 13.8 Å². The second-order valence-electron chi connectivity index (χ2n) is 3.80. The molecule has 0 aliphatic heterocycles. The summed E-state index contributed by atoms with van der Waals surface area (Å²) in [6.45, 7) is 4.24. The smallest absolute Gasteiger partial charge is 0.0917 e. The molecule has 1 aromatic carbocycles. The van der Waals surface area contributed by atoms with E-state index >= 15 is 0 Å². The maximum absolute atomic E-state index is 4.57. The molecule has 2 heterocycles. The zero-order valence-corrected chi connectivity index (χ0v) is 12.7. The topological polar surface area (TPSA) is 12.9 Å². The predicted molar refractivity (Wildman–Crippen MR) is 72.4 cm³/mol. The average Bonchev–Trinajstić information content (AvgIpc) is 2.84. The van der Waals surface area contributed by atoms with Crippen molar-refractivity contribution >= 4 is 32.8 Å². The van der Waals surface area contributed by atoms with Crippen molar-refractivity contribution < 1.29 is 17.0 Å². The molecule has 0 bridgehead atoms. The number of aromatic nitrogens is 1. The number of aryl methyl sites for hydroxylation is 2. The Hall–Kier alpha value is -0.710. The van der Waals surface area contributed by atoms with Gasteiger partial charge in [0.2, 0.25) is 0 Å². The third kappa shape index (κ3) is 2.17. The van der Waals surface area contributed by atoms with Crippen molar-refractivity contribution in [3.05, 3.63) is 40.2 Å². The van der Waals surface area contributed by atoms with Crippen LogP contribution in [0.1, 0.15) is 10.6 Å². The highest BCUT2D eigenvalue weighted by molar-refractivity contribution is 7.22. The number of hydrogen-bond acceptors (Lipinski definition) is 3. The monoisotopic (exact) mass is 324 g/mol. The van der Waals surface area contributed by atoms with Gasteiger partial charge in [-0.1, -0.05) is 18.2 Å². The normalized spacial score (nSPS) is 10.5. The van der Waals surface area contributed by atoms with Crippen molar-refractivity contribution in [3.63, 3.8) is 0 Å². The molecule has 0 unspecified atom stereocenters. The fraction of sp³-hybridized carbons (Fsp3) is 0.154. The summed E-state index contributed by atoms with van der Waals surface area (Å²) in [6, 6.07) is 8.55. The number of thiazole rings is 1. The van der Waals surface area contributed by atoms with Gasteiger partial charge >= 0.3 is 0 Å². The van der Waals surface area contributed by atoms with Crippen molar-refractivity contribution in [2.45, 2.75) is 13.8 Å². The van der Waals surface area contributed by atoms with E-state index in [0.29, 0.717) is 0 Å². The quantitative estimate of drug-likeness (QED) is 0.663. The van der Waals surface area contributed by atoms with Crippen LogP contribution in [0.5, 0.6) is 0 Å². The molecule has 2 aromatic heterocycles. The van der Waals surface area contributed by atoms with Crippen LogP contribution in [0.15, 0.2) is 29.6 Å². The molecule has 0 spiro atoms. The van der Waals surface area contributed by atoms with E-state index in [1.54, 1.807) is 11.3 Å². The lowest BCUT2D eigenvalue weighted by Gasteiger charge is -1.93. The Morgan fingerprint density at radius 1 is 1.12 bits per heavy atom. The SMILES string of the molecule is Cc1nc(-c2sc3ccccc3c2C)cs1.[Br-]. The van der Waals surface area contributed by atoms with Crippen LogP contribution in [0.25, 0.3) is 20.7 Å². The Morgan fingerprint density at radius 3 is 2.53 bits per heavy atom. The molecule has 0 N–H and O–H groups in total. The fourth-order valence-electron chi connectivity index (χ4n) is 1.89. The summed E-state index contributed by atoms with van der Waals surface area (Å²) >= 11 is 3.55. The van der Waals surface area contributed by atoms with Crippen molar-refractivity contribution in [3.8, 4) is 10.6 Å². The lowest BCUT2D eigenvalue weighted by Crippen LogP contribution is -3.00. The maximum Gasteiger partial charge on any atom is 0.0917 e. The first-order valence-corrected chi connectivity index (χ1v) is 6.86. The summed E-state index contributed by atoms with van der Waals surface area (Å²) in [5, 5.41) is 4.63. The van der Waals surface area contributed by atoms with Crippen LogP contribution in [-0.4, -0.2) is 4.98 Å². The van der Waals surface area contributed by atoms with Crippen molar-refractivity contribution in [1.29, 1.82) is 0 Å². The van der Waals surface area contributed by atoms with Crippen LogP contribution >= 0.6 is 22.7 Å². The van der Waals surface area contributed by atoms with E-state index in [-0.39, 0.29) is 17.0 Å². The Morgan fingerprint density at radius 2 is 1.88 bits per heavy atom. The van der Waals surface area contributed by atoms with E-state index in [1.807, 2.05) is 11.3 Å². The van der Waals surface area contributed by atoms with Gasteiger partial charge in [-0.3, -0.25) is 0 Å². The minimum atomic E-state index is 0. The second kappa shape index (κ2) is 4.88. The number of thiophene rings is 1. The molecule has 4 heteroatoms. The third-order valence-electron chi connectivity index (χ3n) is 2.70. The van der Waals surface area contributed by atoms with Gasteiger partial charge in [0.1, 0.15) is 0 Å². The van der Waals surface area contributed by atoms with Gasteiger partial charge in [0.25, 0.3) is 0 Å². The second-order valence-corrected chi connectivity index (χ2v) is 5.92. The van der Waals surface area contributed by atoms with Gasteiger partial charge in [-0.05, 0) is 30.9 Å². The summed E-state index contributed by atoms with van der Waals surface area (Å²) in [6.07, 6.45) is 0. The first kappa shape index (κ1) is 12.7. The van der Waals surface area contributed by atoms with Crippen molar-refractivity contribution in [2.24, 2.45) is 0 Å². The molecule has 3 aromatic rings. The number of hydrogen-bond donors (Lipinski definition) is 0. The molecule has 0 radical (unpaired) electrons. The van der Waals surface area contributed by atoms with Crippen LogP contribution in [0.4, 0.5) is 0 Å². The molecule has 0 aliphatic rings. The molecule has 1 nitrogen and oxygen atoms in total. The molecular formula is C13H11BrNS2-. The molecule has 0 fully saturated rings. The van der Waals surface area contributed by atoms with Gasteiger partial charge in [0.05, 0.1) is 15.6 Å². The number of nitrogens with zero attached hydrogens (tertiary/aromatic N) is 1. The highest BCUT2D eigenvalue weighted by Gasteiger charge is 2.11. The van der Waals surface area contributed by atoms with Gasteiger partial charge in [-0.25, -0.2) is 4.98 Å². The minimum absolute atomic E-state index is 0. The van der Waals surface area contributed by atoms with E-state index in [9.17, 15) is 0 Å². The number of halogens is 1. The molecule has 0 amide bonds. The highest BCUT2D eigenvalue weighted by atomic mass is 79.9. The molecule has 0 saturated carbocycles. The molecule has 0 saturated heterocycles. The zero-order valence-electron chi connectivity index (χ0n) is 9.53. The lowest BCUT2D eigenvalue weighted by atomic mass is 10.1. The summed E-state index contributed by atoms with van der Waals surface area (Å²) in [5.41, 5.74) is 2.48. The lowest BCUT2D eigenvalue weighted by molar-refractivity contribution is -0.00000316. The van der Waals surface area contributed by atoms with E-state index in [1.165, 1.54) is 20.5 Å². The van der Waals surface area contributed by atoms with E-state index < -0.39 is 0 Å². The van der Waals surface area contributed by atoms with Gasteiger partial charge in [-0.2, -0.15) is 0 Å². The maximum atomic E-state index is 4.57. The number of rotatable bonds is 1. The van der Waals surface area contributed by atoms with Crippen LogP contribution < -0.4 is 17.0 Å². The summed E-state index contributed by atoms with van der Waals surface area (Å²) in [4.78, 5) is 5.88. The Balaban J connectivity index is 0.00000108. The highest BCUT2D eigenvalue weighted by Crippen LogP contribution is 2.37. The Kier molecular flexibility index (Phi) is 3.66. The fourth-order valence-corrected chi connectivity index (χ4v) is 3.73. The van der Waals surface area contributed by atoms with Gasteiger partial charge in [0, 0.05) is 10.1 Å². The van der Waals surface area contributed by atoms with Crippen LogP contribution in [0.3, 0.4) is 0 Å². The number of benzene rings is 1. The molecular weight excluding hydrogens is 314 g/mol. The van der Waals surface area contributed by atoms with E-state index in [0.717, 1.165) is 10.7 Å². The average molecular weight is 325 g/mol. The number of fused-ring (bicyclic) bond motifs is 1. The first-order valence-electron chi connectivity index (χ1n) is 5.16. The van der Waals surface area contributed by atoms with Crippen molar-refractivity contribution in [1.82, 2.24) is 4.98 Å². The molecule has 88 valence electrons. The Labute approximate surface area is 119 Å². The molecule has 0 atom stereocenters. The van der Waals surface area contributed by atoms with E-state index in [4.69, 9.17) is 0 Å². The third-order valence-corrected chi connectivity index (χ3v) is 4.76. The molecule has 0 aliphatic carbocycles. The van der Waals surface area contributed by atoms with Gasteiger partial charge < -0.3 is 17.0 Å². The standard InChI is InChI=1S/C13H11NS2.BrH/c1-8-10-5-3-4-6-12(10)16-13(8)11-7-15-9(2)14-11;/h3-7H,1-2H3;1H/p-1.